The molecule has 4 spiro atoms. The van der Waals surface area contributed by atoms with Crippen LogP contribution in [0, 0.1) is 0 Å². The van der Waals surface area contributed by atoms with Gasteiger partial charge in [0, 0.05) is 78.0 Å². The molecule has 24 rings (SSSR count). The molecule has 0 bridgehead atoms. The molecule has 0 radical (unpaired) electrons. The van der Waals surface area contributed by atoms with Gasteiger partial charge in [-0.2, -0.15) is 0 Å². The molecule has 0 unspecified atom stereocenters. The summed E-state index contributed by atoms with van der Waals surface area (Å²) in [6.45, 7) is 84.5. The molecule has 0 atom stereocenters. The topological polar surface area (TPSA) is 0 Å². The first kappa shape index (κ1) is 102. The summed E-state index contributed by atoms with van der Waals surface area (Å²) in [7, 11) is -4.74. The minimum Gasteiger partial charge on any atom is -0.139 e. The van der Waals surface area contributed by atoms with Crippen LogP contribution in [0.5, 0.6) is 0 Å². The predicted molar refractivity (Wildman–Crippen MR) is 648 cm³/mol. The van der Waals surface area contributed by atoms with Crippen LogP contribution in [-0.2, 0) is 32.5 Å². The first-order chi connectivity index (χ1) is 67.8. The van der Waals surface area contributed by atoms with Crippen molar-refractivity contribution in [3.63, 3.8) is 0 Å². The summed E-state index contributed by atoms with van der Waals surface area (Å²) in [5.74, 6) is 6.37. The van der Waals surface area contributed by atoms with Crippen molar-refractivity contribution in [3.05, 3.63) is 322 Å². The van der Waals surface area contributed by atoms with Gasteiger partial charge in [0.15, 0.2) is 16.1 Å². The van der Waals surface area contributed by atoms with Gasteiger partial charge in [-0.15, -0.1) is 90.7 Å². The number of thiophene rings is 8. The zero-order chi connectivity index (χ0) is 103. The molecule has 0 N–H and O–H groups in total. The predicted octanol–water partition coefficient (Wildman–Crippen LogP) is 37.3. The van der Waals surface area contributed by atoms with Gasteiger partial charge in [0.1, 0.15) is 0 Å². The second kappa shape index (κ2) is 35.8. The van der Waals surface area contributed by atoms with Crippen molar-refractivity contribution in [2.24, 2.45) is 0 Å². The molecule has 0 saturated carbocycles. The van der Waals surface area contributed by atoms with Crippen LogP contribution in [0.25, 0.3) is 83.5 Å². The highest BCUT2D eigenvalue weighted by Gasteiger charge is 2.62. The minimum atomic E-state index is -2.49. The van der Waals surface area contributed by atoms with Gasteiger partial charge in [0.25, 0.3) is 0 Å². The van der Waals surface area contributed by atoms with E-state index in [0.29, 0.717) is 71.0 Å². The number of benzene rings is 8. The SMILES string of the molecule is CC(C)c1cc2c(s1)-c1sc(C(C)C)cc1C21c2cc(C(C)C)sc2-c2sc(C(C)(C)C)cc21.CC(C)c1cc2c(s1)-c1sc(C(C)C)cc1[Si]21c2cc(C(C)C)sc2-c2sc(C(C)(C)C)cc21.CC(C)c1ccc2c(c1)C1(c3cc(C(C)C)ccc3-2)c2cc(C(C)C)ccc2-c2ccc(C(C)(C)C)cc21.CC(C)c1ccc2c(c1)[Si]1(c3cc(C(C)C)ccc3-2)c2cc(C(C)C)ccc2-c2ccc(C(C)(C)C)cc21. The summed E-state index contributed by atoms with van der Waals surface area (Å²) < 4.78 is 0. The number of fused-ring (bicyclic) bond motifs is 40. The van der Waals surface area contributed by atoms with Crippen molar-refractivity contribution in [1.82, 2.24) is 0 Å². The zero-order valence-electron chi connectivity index (χ0n) is 92.7. The Morgan fingerprint density at radius 3 is 0.694 bits per heavy atom. The smallest absolute Gasteiger partial charge is 0.139 e. The lowest BCUT2D eigenvalue weighted by molar-refractivity contribution is 0.588. The molecule has 8 aromatic carbocycles. The molecule has 144 heavy (non-hydrogen) atoms. The van der Waals surface area contributed by atoms with Crippen molar-refractivity contribution in [2.45, 2.75) is 353 Å². The van der Waals surface area contributed by atoms with E-state index in [-0.39, 0.29) is 32.5 Å². The molecule has 0 saturated heterocycles. The van der Waals surface area contributed by atoms with Crippen LogP contribution in [-0.4, -0.2) is 16.1 Å². The maximum absolute atomic E-state index is 2.65. The molecular formula is C134H152S8Si2. The van der Waals surface area contributed by atoms with Crippen LogP contribution in [0.15, 0.2) is 194 Å². The van der Waals surface area contributed by atoms with E-state index >= 15 is 0 Å². The Hall–Kier alpha value is -8.21. The van der Waals surface area contributed by atoms with Gasteiger partial charge < -0.3 is 0 Å². The Morgan fingerprint density at radius 1 is 0.174 bits per heavy atom. The van der Waals surface area contributed by atoms with Gasteiger partial charge in [-0.05, 0) is 316 Å². The summed E-state index contributed by atoms with van der Waals surface area (Å²) in [5, 5.41) is 13.2. The molecule has 0 fully saturated rings. The van der Waals surface area contributed by atoms with E-state index in [2.05, 4.69) is 534 Å². The van der Waals surface area contributed by atoms with Crippen LogP contribution in [0.3, 0.4) is 0 Å². The fourth-order valence-corrected chi connectivity index (χ4v) is 48.6. The fourth-order valence-electron chi connectivity index (χ4n) is 24.7. The van der Waals surface area contributed by atoms with Crippen LogP contribution in [0.2, 0.25) is 0 Å². The molecule has 10 heteroatoms. The normalized spacial score (nSPS) is 15.2. The summed E-state index contributed by atoms with van der Waals surface area (Å²) in [6.07, 6.45) is 0. The van der Waals surface area contributed by atoms with Gasteiger partial charge in [-0.1, -0.05) is 395 Å². The maximum atomic E-state index is 2.65. The lowest BCUT2D eigenvalue weighted by Crippen LogP contribution is -2.71. The highest BCUT2D eigenvalue weighted by Crippen LogP contribution is 2.71. The lowest BCUT2D eigenvalue weighted by atomic mass is 9.68. The number of hydrogen-bond donors (Lipinski definition) is 0. The molecule has 8 aromatic heterocycles. The Labute approximate surface area is 898 Å². The molecule has 8 aliphatic rings. The average molecular weight is 2080 g/mol. The minimum absolute atomic E-state index is 0.0813. The van der Waals surface area contributed by atoms with Gasteiger partial charge in [0.05, 0.1) is 10.8 Å². The lowest BCUT2D eigenvalue weighted by Gasteiger charge is -2.33. The standard InChI is InChI=1S/C38H42.C37H42Si.C30H34S4.C29H34S4Si/c2*1-22(2)25-10-14-29-30-15-11-26(23(3)4)19-34(30)38(33(29)18-25)35-20-27(24(5)6)12-16-31(35)32-17-13-28(21-36(32)38)37(7,8)9;1-14(2)21-10-17-25(31-21)26-18(11-22(32-26)15(3)4)30(17)19-12-23(16(5)6)33-27(19)28-20(30)13-24(34-28)29(7,8)9;1-14(2)17-10-20-25(30-17)26-21(11-18(31-26)15(3)4)34(20)22-12-19(16(5)6)32-27(22)28-23(34)13-24(33-28)29(7,8)9/h2*10-24H,1-9H3;2*10-16H,1-9H3. The molecule has 0 amide bonds. The summed E-state index contributed by atoms with van der Waals surface area (Å²) >= 11 is 16.5. The molecular weight excluding hydrogens is 1920 g/mol. The zero-order valence-corrected chi connectivity index (χ0v) is 101. The van der Waals surface area contributed by atoms with Crippen molar-refractivity contribution in [2.75, 3.05) is 0 Å². The highest BCUT2D eigenvalue weighted by atomic mass is 32.1. The van der Waals surface area contributed by atoms with Crippen molar-refractivity contribution >= 4 is 148 Å². The Balaban J connectivity index is 0.000000113. The van der Waals surface area contributed by atoms with E-state index in [0.717, 1.165) is 0 Å². The van der Waals surface area contributed by atoms with Crippen molar-refractivity contribution in [1.29, 1.82) is 0 Å². The third-order valence-electron chi connectivity index (χ3n) is 33.3. The molecule has 4 aliphatic heterocycles. The molecule has 4 aliphatic carbocycles. The first-order valence-corrected chi connectivity index (χ1v) is 64.6. The van der Waals surface area contributed by atoms with Crippen molar-refractivity contribution < 1.29 is 0 Å². The van der Waals surface area contributed by atoms with E-state index < -0.39 is 16.1 Å². The van der Waals surface area contributed by atoms with E-state index in [9.17, 15) is 0 Å². The van der Waals surface area contributed by atoms with Crippen LogP contribution in [0.1, 0.15) is 448 Å². The van der Waals surface area contributed by atoms with Gasteiger partial charge in [0.2, 0.25) is 0 Å². The second-order valence-electron chi connectivity index (χ2n) is 51.3. The van der Waals surface area contributed by atoms with Crippen LogP contribution < -0.4 is 41.5 Å². The average Bonchev–Trinajstić information content (AvgIpc) is 1.47. The number of hydrogen-bond acceptors (Lipinski definition) is 8. The fraction of sp³-hybridized carbons (Fsp3) is 0.403. The summed E-state index contributed by atoms with van der Waals surface area (Å²) in [5.41, 5.74) is 35.1. The van der Waals surface area contributed by atoms with Gasteiger partial charge in [-0.25, -0.2) is 0 Å². The highest BCUT2D eigenvalue weighted by molar-refractivity contribution is 7.39. The van der Waals surface area contributed by atoms with Crippen LogP contribution >= 0.6 is 90.7 Å². The molecule has 12 heterocycles. The molecule has 16 aromatic rings. The summed E-state index contributed by atoms with van der Waals surface area (Å²) in [4.78, 5) is 24.8. The van der Waals surface area contributed by atoms with Gasteiger partial charge in [-0.3, -0.25) is 0 Å². The third kappa shape index (κ3) is 15.4. The van der Waals surface area contributed by atoms with E-state index in [1.807, 2.05) is 0 Å². The van der Waals surface area contributed by atoms with E-state index in [4.69, 9.17) is 0 Å². The Morgan fingerprint density at radius 2 is 0.389 bits per heavy atom. The summed E-state index contributed by atoms with van der Waals surface area (Å²) in [6, 6.07) is 79.8. The molecule has 744 valence electrons. The van der Waals surface area contributed by atoms with Gasteiger partial charge >= 0.3 is 0 Å². The van der Waals surface area contributed by atoms with E-state index in [1.165, 1.54) is 150 Å². The van der Waals surface area contributed by atoms with E-state index in [1.54, 1.807) is 103 Å². The van der Waals surface area contributed by atoms with Crippen LogP contribution in [0.4, 0.5) is 0 Å². The Bertz CT molecular complexity index is 7100. The van der Waals surface area contributed by atoms with Crippen molar-refractivity contribution in [3.8, 4) is 83.5 Å². The number of rotatable bonds is 12. The first-order valence-electron chi connectivity index (χ1n) is 54.1. The Kier molecular flexibility index (Phi) is 25.2. The largest absolute Gasteiger partial charge is 0.185 e. The third-order valence-corrected chi connectivity index (χ3v) is 56.2. The monoisotopic (exact) mass is 2070 g/mol. The second-order valence-corrected chi connectivity index (χ2v) is 67.2. The quantitative estimate of drug-likeness (QED) is 0.107. The molecule has 0 nitrogen and oxygen atoms in total. The maximum Gasteiger partial charge on any atom is 0.185 e.